The minimum absolute atomic E-state index is 0.0239. The third kappa shape index (κ3) is 2.23. The average Bonchev–Trinajstić information content (AvgIpc) is 2.87. The first-order valence-corrected chi connectivity index (χ1v) is 5.09. The molecule has 0 bridgehead atoms. The molecule has 0 aliphatic heterocycles. The second-order valence-corrected chi connectivity index (χ2v) is 3.49. The fourth-order valence-electron chi connectivity index (χ4n) is 1.47. The largest absolute Gasteiger partial charge is 0.463 e. The minimum atomic E-state index is -1.30. The lowest BCUT2D eigenvalue weighted by Crippen LogP contribution is -2.02. The van der Waals surface area contributed by atoms with Crippen LogP contribution in [0.1, 0.15) is 28.0 Å². The average molecular weight is 251 g/mol. The first-order chi connectivity index (χ1) is 8.63. The molecule has 0 aliphatic carbocycles. The van der Waals surface area contributed by atoms with Crippen LogP contribution in [0.25, 0.3) is 0 Å². The van der Waals surface area contributed by atoms with E-state index in [1.54, 1.807) is 0 Å². The molecule has 0 radical (unpaired) electrons. The van der Waals surface area contributed by atoms with E-state index in [0.29, 0.717) is 0 Å². The van der Waals surface area contributed by atoms with Gasteiger partial charge in [0.05, 0.1) is 13.3 Å². The number of hydrogen-bond acceptors (Lipinski definition) is 5. The summed E-state index contributed by atoms with van der Waals surface area (Å²) >= 11 is 0. The third-order valence-corrected chi connectivity index (χ3v) is 2.38. The first-order valence-electron chi connectivity index (χ1n) is 5.09. The molecule has 2 rings (SSSR count). The van der Waals surface area contributed by atoms with Crippen molar-refractivity contribution in [2.24, 2.45) is 0 Å². The maximum atomic E-state index is 13.4. The molecule has 1 unspecified atom stereocenters. The van der Waals surface area contributed by atoms with Gasteiger partial charge < -0.3 is 14.3 Å². The predicted octanol–water partition coefficient (Wildman–Crippen LogP) is 1.68. The molecule has 18 heavy (non-hydrogen) atoms. The first kappa shape index (κ1) is 12.3. The van der Waals surface area contributed by atoms with Crippen LogP contribution in [-0.2, 0) is 4.74 Å². The van der Waals surface area contributed by atoms with Crippen LogP contribution in [0.5, 0.6) is 0 Å². The molecule has 1 atom stereocenters. The summed E-state index contributed by atoms with van der Waals surface area (Å²) in [5.41, 5.74) is 0.0239. The van der Waals surface area contributed by atoms with Crippen molar-refractivity contribution in [3.63, 3.8) is 0 Å². The number of rotatable bonds is 3. The van der Waals surface area contributed by atoms with E-state index >= 15 is 0 Å². The number of pyridine rings is 1. The number of esters is 1. The second kappa shape index (κ2) is 4.97. The lowest BCUT2D eigenvalue weighted by atomic mass is 10.1. The van der Waals surface area contributed by atoms with Crippen molar-refractivity contribution < 1.29 is 23.4 Å². The Labute approximate surface area is 102 Å². The highest BCUT2D eigenvalue weighted by Gasteiger charge is 2.20. The third-order valence-electron chi connectivity index (χ3n) is 2.38. The fourth-order valence-corrected chi connectivity index (χ4v) is 1.47. The number of methoxy groups -OCH3 is 1. The zero-order valence-corrected chi connectivity index (χ0v) is 9.46. The number of aromatic nitrogens is 1. The number of halogens is 1. The van der Waals surface area contributed by atoms with E-state index < -0.39 is 17.9 Å². The van der Waals surface area contributed by atoms with Gasteiger partial charge in [-0.1, -0.05) is 0 Å². The van der Waals surface area contributed by atoms with Gasteiger partial charge in [0.2, 0.25) is 5.76 Å². The highest BCUT2D eigenvalue weighted by atomic mass is 19.1. The van der Waals surface area contributed by atoms with Crippen LogP contribution in [-0.4, -0.2) is 23.2 Å². The van der Waals surface area contributed by atoms with Gasteiger partial charge in [-0.05, 0) is 18.2 Å². The number of furan rings is 1. The monoisotopic (exact) mass is 251 g/mol. The summed E-state index contributed by atoms with van der Waals surface area (Å²) in [7, 11) is 1.21. The number of aliphatic hydroxyl groups is 1. The normalized spacial score (nSPS) is 12.2. The SMILES string of the molecule is COC(=O)c1ccc(C(O)c2ccncc2F)o1. The molecule has 2 aromatic rings. The molecule has 94 valence electrons. The predicted molar refractivity (Wildman–Crippen MR) is 58.3 cm³/mol. The Morgan fingerprint density at radius 1 is 1.50 bits per heavy atom. The summed E-state index contributed by atoms with van der Waals surface area (Å²) in [5.74, 6) is -1.31. The van der Waals surface area contributed by atoms with Gasteiger partial charge in [-0.25, -0.2) is 9.18 Å². The Bertz CT molecular complexity index is 567. The van der Waals surface area contributed by atoms with E-state index in [-0.39, 0.29) is 17.1 Å². The molecule has 0 spiro atoms. The van der Waals surface area contributed by atoms with Crippen molar-refractivity contribution in [2.75, 3.05) is 7.11 Å². The van der Waals surface area contributed by atoms with Crippen molar-refractivity contribution in [1.29, 1.82) is 0 Å². The Kier molecular flexibility index (Phi) is 3.38. The Balaban J connectivity index is 2.29. The van der Waals surface area contributed by atoms with Gasteiger partial charge >= 0.3 is 5.97 Å². The molecule has 5 nitrogen and oxygen atoms in total. The highest BCUT2D eigenvalue weighted by Crippen LogP contribution is 2.25. The molecule has 0 fully saturated rings. The van der Waals surface area contributed by atoms with Crippen LogP contribution in [0.3, 0.4) is 0 Å². The Morgan fingerprint density at radius 3 is 2.94 bits per heavy atom. The number of carbonyl (C=O) groups is 1. The summed E-state index contributed by atoms with van der Waals surface area (Å²) in [6.07, 6.45) is 1.04. The zero-order valence-electron chi connectivity index (χ0n) is 9.46. The van der Waals surface area contributed by atoms with Crippen LogP contribution >= 0.6 is 0 Å². The van der Waals surface area contributed by atoms with E-state index in [0.717, 1.165) is 6.20 Å². The standard InChI is InChI=1S/C12H10FNO4/c1-17-12(16)10-3-2-9(18-10)11(15)7-4-5-14-6-8(7)13/h2-6,11,15H,1H3. The molecule has 2 heterocycles. The van der Waals surface area contributed by atoms with Gasteiger partial charge in [-0.2, -0.15) is 0 Å². The lowest BCUT2D eigenvalue weighted by Gasteiger charge is -2.08. The summed E-state index contributed by atoms with van der Waals surface area (Å²) in [5, 5.41) is 9.93. The van der Waals surface area contributed by atoms with Gasteiger partial charge in [0.15, 0.2) is 0 Å². The molecule has 0 aromatic carbocycles. The molecule has 6 heteroatoms. The Hall–Kier alpha value is -2.21. The van der Waals surface area contributed by atoms with Crippen molar-refractivity contribution in [2.45, 2.75) is 6.10 Å². The zero-order chi connectivity index (χ0) is 13.1. The second-order valence-electron chi connectivity index (χ2n) is 3.49. The number of nitrogens with zero attached hydrogens (tertiary/aromatic N) is 1. The highest BCUT2D eigenvalue weighted by molar-refractivity contribution is 5.86. The Morgan fingerprint density at radius 2 is 2.28 bits per heavy atom. The van der Waals surface area contributed by atoms with Crippen LogP contribution in [0.4, 0.5) is 4.39 Å². The smallest absolute Gasteiger partial charge is 0.373 e. The van der Waals surface area contributed by atoms with Gasteiger partial charge in [0.1, 0.15) is 17.7 Å². The quantitative estimate of drug-likeness (QED) is 0.840. The van der Waals surface area contributed by atoms with Gasteiger partial charge in [0, 0.05) is 11.8 Å². The molecular weight excluding hydrogens is 241 g/mol. The van der Waals surface area contributed by atoms with E-state index in [9.17, 15) is 14.3 Å². The maximum Gasteiger partial charge on any atom is 0.373 e. The molecule has 0 aliphatic rings. The van der Waals surface area contributed by atoms with Crippen molar-refractivity contribution in [1.82, 2.24) is 4.98 Å². The van der Waals surface area contributed by atoms with E-state index in [2.05, 4.69) is 9.72 Å². The number of carbonyl (C=O) groups excluding carboxylic acids is 1. The molecule has 2 aromatic heterocycles. The van der Waals surface area contributed by atoms with Crippen LogP contribution in [0.2, 0.25) is 0 Å². The maximum absolute atomic E-state index is 13.4. The van der Waals surface area contributed by atoms with Crippen molar-refractivity contribution in [3.8, 4) is 0 Å². The summed E-state index contributed by atoms with van der Waals surface area (Å²) in [4.78, 5) is 14.7. The van der Waals surface area contributed by atoms with Gasteiger partial charge in [0.25, 0.3) is 0 Å². The van der Waals surface area contributed by atoms with Crippen LogP contribution in [0, 0.1) is 5.82 Å². The number of ether oxygens (including phenoxy) is 1. The summed E-state index contributed by atoms with van der Waals surface area (Å²) in [6.45, 7) is 0. The van der Waals surface area contributed by atoms with Crippen molar-refractivity contribution in [3.05, 3.63) is 53.5 Å². The van der Waals surface area contributed by atoms with Crippen molar-refractivity contribution >= 4 is 5.97 Å². The number of aliphatic hydroxyl groups excluding tert-OH is 1. The minimum Gasteiger partial charge on any atom is -0.463 e. The summed E-state index contributed by atoms with van der Waals surface area (Å²) < 4.78 is 23.0. The fraction of sp³-hybridized carbons (Fsp3) is 0.167. The molecule has 0 saturated carbocycles. The summed E-state index contributed by atoms with van der Waals surface area (Å²) in [6, 6.07) is 4.07. The van der Waals surface area contributed by atoms with Gasteiger partial charge in [-0.15, -0.1) is 0 Å². The van der Waals surface area contributed by atoms with E-state index in [1.807, 2.05) is 0 Å². The molecule has 0 amide bonds. The van der Waals surface area contributed by atoms with Gasteiger partial charge in [-0.3, -0.25) is 4.98 Å². The van der Waals surface area contributed by atoms with E-state index in [4.69, 9.17) is 4.42 Å². The lowest BCUT2D eigenvalue weighted by molar-refractivity contribution is 0.0558. The molecule has 1 N–H and O–H groups in total. The van der Waals surface area contributed by atoms with Crippen LogP contribution in [0.15, 0.2) is 35.0 Å². The van der Waals surface area contributed by atoms with E-state index in [1.165, 1.54) is 31.5 Å². The molecule has 0 saturated heterocycles. The number of hydrogen-bond donors (Lipinski definition) is 1. The topological polar surface area (TPSA) is 72.6 Å². The molecular formula is C12H10FNO4. The van der Waals surface area contributed by atoms with Crippen LogP contribution < -0.4 is 0 Å².